The minimum absolute atomic E-state index is 0.0532. The highest BCUT2D eigenvalue weighted by atomic mass is 35.7. The Morgan fingerprint density at radius 3 is 1.85 bits per heavy atom. The van der Waals surface area contributed by atoms with Gasteiger partial charge >= 0.3 is 0 Å². The van der Waals surface area contributed by atoms with Gasteiger partial charge in [0.25, 0.3) is 0 Å². The molecule has 13 heavy (non-hydrogen) atoms. The van der Waals surface area contributed by atoms with E-state index in [1.165, 1.54) is 0 Å². The Bertz CT molecular complexity index is 204. The van der Waals surface area contributed by atoms with Crippen molar-refractivity contribution >= 4 is 19.7 Å². The van der Waals surface area contributed by atoms with Crippen molar-refractivity contribution in [2.24, 2.45) is 0 Å². The van der Waals surface area contributed by atoms with Gasteiger partial charge in [-0.2, -0.15) is 0 Å². The fourth-order valence-corrected chi connectivity index (χ4v) is 1.95. The first-order chi connectivity index (χ1) is 6.06. The molecule has 0 fully saturated rings. The summed E-state index contributed by atoms with van der Waals surface area (Å²) in [6.07, 6.45) is 4.93. The van der Waals surface area contributed by atoms with Gasteiger partial charge in [0.15, 0.2) is 0 Å². The first-order valence-electron chi connectivity index (χ1n) is 4.54. The van der Waals surface area contributed by atoms with Crippen LogP contribution in [0.4, 0.5) is 4.39 Å². The molecule has 5 heteroatoms. The van der Waals surface area contributed by atoms with Crippen LogP contribution in [0.25, 0.3) is 0 Å². The van der Waals surface area contributed by atoms with Gasteiger partial charge in [0, 0.05) is 10.7 Å². The minimum atomic E-state index is -3.31. The molecule has 0 heterocycles. The van der Waals surface area contributed by atoms with Crippen LogP contribution in [0, 0.1) is 0 Å². The molecule has 0 unspecified atom stereocenters. The monoisotopic (exact) mass is 230 g/mol. The number of unbranched alkanes of at least 4 members (excludes halogenated alkanes) is 5. The average molecular weight is 231 g/mol. The van der Waals surface area contributed by atoms with Crippen molar-refractivity contribution in [3.63, 3.8) is 0 Å². The van der Waals surface area contributed by atoms with Crippen molar-refractivity contribution in [2.75, 3.05) is 12.4 Å². The molecule has 0 atom stereocenters. The maximum atomic E-state index is 11.6. The van der Waals surface area contributed by atoms with E-state index < -0.39 is 9.05 Å². The van der Waals surface area contributed by atoms with Gasteiger partial charge in [-0.3, -0.25) is 4.39 Å². The van der Waals surface area contributed by atoms with Crippen molar-refractivity contribution in [3.8, 4) is 0 Å². The Labute approximate surface area is 83.9 Å². The quantitative estimate of drug-likeness (QED) is 0.475. The summed E-state index contributed by atoms with van der Waals surface area (Å²) in [7, 11) is 1.71. The summed E-state index contributed by atoms with van der Waals surface area (Å²) in [4.78, 5) is 0. The fourth-order valence-electron chi connectivity index (χ4n) is 1.08. The van der Waals surface area contributed by atoms with Gasteiger partial charge in [0.05, 0.1) is 12.4 Å². The molecule has 0 aliphatic carbocycles. The van der Waals surface area contributed by atoms with E-state index in [1.807, 2.05) is 0 Å². The molecule has 0 bridgehead atoms. The predicted molar refractivity (Wildman–Crippen MR) is 53.3 cm³/mol. The maximum Gasteiger partial charge on any atom is 0.232 e. The van der Waals surface area contributed by atoms with Gasteiger partial charge in [0.2, 0.25) is 9.05 Å². The van der Waals surface area contributed by atoms with Crippen molar-refractivity contribution < 1.29 is 12.8 Å². The predicted octanol–water partition coefficient (Wildman–Crippen LogP) is 2.87. The van der Waals surface area contributed by atoms with Gasteiger partial charge in [-0.05, 0) is 12.8 Å². The van der Waals surface area contributed by atoms with E-state index in [4.69, 9.17) is 10.7 Å². The lowest BCUT2D eigenvalue weighted by atomic mass is 10.1. The molecule has 0 N–H and O–H groups in total. The van der Waals surface area contributed by atoms with Gasteiger partial charge in [0.1, 0.15) is 0 Å². The zero-order valence-corrected chi connectivity index (χ0v) is 9.21. The van der Waals surface area contributed by atoms with E-state index in [0.717, 1.165) is 25.7 Å². The van der Waals surface area contributed by atoms with E-state index in [1.54, 1.807) is 0 Å². The van der Waals surface area contributed by atoms with E-state index in [2.05, 4.69) is 0 Å². The summed E-state index contributed by atoms with van der Waals surface area (Å²) in [5.74, 6) is 0.0532. The SMILES string of the molecule is O=S(=O)(Cl)CCCCCCCCF. The molecule has 0 aromatic carbocycles. The highest BCUT2D eigenvalue weighted by Crippen LogP contribution is 2.08. The van der Waals surface area contributed by atoms with Gasteiger partial charge < -0.3 is 0 Å². The van der Waals surface area contributed by atoms with Gasteiger partial charge in [-0.15, -0.1) is 0 Å². The third-order valence-corrected chi connectivity index (χ3v) is 3.01. The first-order valence-corrected chi connectivity index (χ1v) is 7.02. The summed E-state index contributed by atoms with van der Waals surface area (Å²) < 4.78 is 32.6. The molecule has 2 nitrogen and oxygen atoms in total. The Hall–Kier alpha value is 0.170. The second-order valence-electron chi connectivity index (χ2n) is 3.05. The fraction of sp³-hybridized carbons (Fsp3) is 1.00. The van der Waals surface area contributed by atoms with Crippen LogP contribution in [0.1, 0.15) is 38.5 Å². The summed E-state index contributed by atoms with van der Waals surface area (Å²) in [6.45, 7) is -0.254. The molecular weight excluding hydrogens is 215 g/mol. The van der Waals surface area contributed by atoms with Crippen LogP contribution in [0.3, 0.4) is 0 Å². The minimum Gasteiger partial charge on any atom is -0.251 e. The highest BCUT2D eigenvalue weighted by Gasteiger charge is 2.03. The Balaban J connectivity index is 3.09. The normalized spacial score (nSPS) is 11.8. The molecule has 0 aromatic heterocycles. The Morgan fingerprint density at radius 2 is 1.38 bits per heavy atom. The lowest BCUT2D eigenvalue weighted by Crippen LogP contribution is -1.96. The van der Waals surface area contributed by atoms with E-state index in [0.29, 0.717) is 12.8 Å². The van der Waals surface area contributed by atoms with E-state index >= 15 is 0 Å². The number of rotatable bonds is 8. The summed E-state index contributed by atoms with van der Waals surface area (Å²) in [5, 5.41) is 0. The van der Waals surface area contributed by atoms with Gasteiger partial charge in [-0.25, -0.2) is 8.42 Å². The molecular formula is C8H16ClFO2S. The van der Waals surface area contributed by atoms with E-state index in [-0.39, 0.29) is 12.4 Å². The summed E-state index contributed by atoms with van der Waals surface area (Å²) in [5.41, 5.74) is 0. The zero-order valence-electron chi connectivity index (χ0n) is 7.64. The first kappa shape index (κ1) is 13.2. The van der Waals surface area contributed by atoms with Crippen molar-refractivity contribution in [1.29, 1.82) is 0 Å². The molecule has 0 aliphatic rings. The average Bonchev–Trinajstić information content (AvgIpc) is 2.01. The van der Waals surface area contributed by atoms with Crippen molar-refractivity contribution in [3.05, 3.63) is 0 Å². The summed E-state index contributed by atoms with van der Waals surface area (Å²) in [6, 6.07) is 0. The highest BCUT2D eigenvalue weighted by molar-refractivity contribution is 8.13. The second kappa shape index (κ2) is 7.56. The molecule has 0 amide bonds. The molecule has 80 valence electrons. The van der Waals surface area contributed by atoms with Crippen LogP contribution < -0.4 is 0 Å². The number of halogens is 2. The van der Waals surface area contributed by atoms with Crippen LogP contribution in [0.2, 0.25) is 0 Å². The molecule has 0 saturated heterocycles. The summed E-state index contributed by atoms with van der Waals surface area (Å²) >= 11 is 0. The maximum absolute atomic E-state index is 11.6. The standard InChI is InChI=1S/C8H16ClFO2S/c9-13(11,12)8-6-4-2-1-3-5-7-10/h1-8H2. The topological polar surface area (TPSA) is 34.1 Å². The van der Waals surface area contributed by atoms with E-state index in [9.17, 15) is 12.8 Å². The van der Waals surface area contributed by atoms with Crippen LogP contribution >= 0.6 is 10.7 Å². The number of hydrogen-bond acceptors (Lipinski definition) is 2. The lowest BCUT2D eigenvalue weighted by Gasteiger charge is -1.98. The number of alkyl halides is 1. The Kier molecular flexibility index (Phi) is 7.66. The molecule has 0 rings (SSSR count). The smallest absolute Gasteiger partial charge is 0.232 e. The third kappa shape index (κ3) is 12.2. The van der Waals surface area contributed by atoms with Crippen LogP contribution in [-0.2, 0) is 9.05 Å². The molecule has 0 spiro atoms. The lowest BCUT2D eigenvalue weighted by molar-refractivity contribution is 0.451. The molecule has 0 aromatic rings. The molecule has 0 radical (unpaired) electrons. The largest absolute Gasteiger partial charge is 0.251 e. The molecule has 0 saturated carbocycles. The van der Waals surface area contributed by atoms with Crippen LogP contribution in [0.15, 0.2) is 0 Å². The van der Waals surface area contributed by atoms with Crippen molar-refractivity contribution in [1.82, 2.24) is 0 Å². The molecule has 0 aliphatic heterocycles. The van der Waals surface area contributed by atoms with Crippen LogP contribution in [-0.4, -0.2) is 20.8 Å². The zero-order chi connectivity index (χ0) is 10.2. The second-order valence-corrected chi connectivity index (χ2v) is 5.95. The van der Waals surface area contributed by atoms with Crippen LogP contribution in [0.5, 0.6) is 0 Å². The Morgan fingerprint density at radius 1 is 0.923 bits per heavy atom. The number of hydrogen-bond donors (Lipinski definition) is 0. The third-order valence-electron chi connectivity index (χ3n) is 1.77. The van der Waals surface area contributed by atoms with Crippen molar-refractivity contribution in [2.45, 2.75) is 38.5 Å². The van der Waals surface area contributed by atoms with Gasteiger partial charge in [-0.1, -0.05) is 25.7 Å².